The number of benzene rings is 2. The molecule has 1 atom stereocenters. The number of ether oxygens (including phenoxy) is 2. The number of esters is 2. The Morgan fingerprint density at radius 3 is 1.41 bits per heavy atom. The summed E-state index contributed by atoms with van der Waals surface area (Å²) in [6.45, 7) is 8.23. The lowest BCUT2D eigenvalue weighted by Gasteiger charge is -2.18. The van der Waals surface area contributed by atoms with Crippen molar-refractivity contribution in [3.63, 3.8) is 0 Å². The summed E-state index contributed by atoms with van der Waals surface area (Å²) >= 11 is 0. The summed E-state index contributed by atoms with van der Waals surface area (Å²) in [6.07, 6.45) is 23.4. The zero-order valence-electron chi connectivity index (χ0n) is 26.0. The lowest BCUT2D eigenvalue weighted by molar-refractivity contribution is 0.0248. The highest BCUT2D eigenvalue weighted by molar-refractivity contribution is 5.89. The molecular weight excluding hydrogens is 508 g/mol. The standard InChI is InChI=1S/C27H46O2.C10H10O2/c1-3-5-7-9-11-12-13-15-20-24-26(23-19-14-10-8-6-4-2)29-27(28)25-21-17-16-18-22-25;1-2-8-12-10(11)9-6-4-3-5-7-9/h16-18,21-22,26H,3-15,19-20,23-24H2,1-2H3;2-7H,1,8H2. The largest absolute Gasteiger partial charge is 0.459 e. The van der Waals surface area contributed by atoms with Gasteiger partial charge in [0.05, 0.1) is 11.1 Å². The lowest BCUT2D eigenvalue weighted by Crippen LogP contribution is -2.18. The molecule has 0 amide bonds. The topological polar surface area (TPSA) is 52.6 Å². The van der Waals surface area contributed by atoms with Crippen LogP contribution in [0.4, 0.5) is 0 Å². The average molecular weight is 565 g/mol. The quantitative estimate of drug-likeness (QED) is 0.0810. The van der Waals surface area contributed by atoms with Crippen LogP contribution >= 0.6 is 0 Å². The van der Waals surface area contributed by atoms with Gasteiger partial charge >= 0.3 is 11.9 Å². The minimum atomic E-state index is -0.310. The Labute approximate surface area is 250 Å². The maximum Gasteiger partial charge on any atom is 0.338 e. The van der Waals surface area contributed by atoms with Crippen molar-refractivity contribution >= 4 is 11.9 Å². The maximum atomic E-state index is 12.5. The van der Waals surface area contributed by atoms with Crippen molar-refractivity contribution in [1.82, 2.24) is 0 Å². The zero-order chi connectivity index (χ0) is 29.8. The Hall–Kier alpha value is -2.88. The van der Waals surface area contributed by atoms with Gasteiger partial charge in [0.2, 0.25) is 0 Å². The fourth-order valence-corrected chi connectivity index (χ4v) is 4.68. The molecule has 2 aromatic carbocycles. The first-order valence-electron chi connectivity index (χ1n) is 16.2. The van der Waals surface area contributed by atoms with E-state index in [0.29, 0.717) is 11.1 Å². The second-order valence-corrected chi connectivity index (χ2v) is 10.8. The molecule has 0 aliphatic rings. The van der Waals surface area contributed by atoms with Gasteiger partial charge in [0.25, 0.3) is 0 Å². The number of carbonyl (C=O) groups is 2. The van der Waals surface area contributed by atoms with Crippen LogP contribution in [-0.2, 0) is 9.47 Å². The van der Waals surface area contributed by atoms with Crippen molar-refractivity contribution in [2.45, 2.75) is 129 Å². The highest BCUT2D eigenvalue weighted by Crippen LogP contribution is 2.18. The summed E-state index contributed by atoms with van der Waals surface area (Å²) in [6, 6.07) is 18.3. The molecule has 0 radical (unpaired) electrons. The highest BCUT2D eigenvalue weighted by atomic mass is 16.5. The van der Waals surface area contributed by atoms with E-state index in [2.05, 4.69) is 20.4 Å². The van der Waals surface area contributed by atoms with Crippen LogP contribution in [0.5, 0.6) is 0 Å². The van der Waals surface area contributed by atoms with Crippen molar-refractivity contribution in [1.29, 1.82) is 0 Å². The van der Waals surface area contributed by atoms with Crippen molar-refractivity contribution in [2.24, 2.45) is 0 Å². The number of hydrogen-bond donors (Lipinski definition) is 0. The number of rotatable bonds is 22. The smallest absolute Gasteiger partial charge is 0.338 e. The van der Waals surface area contributed by atoms with Crippen LogP contribution in [0.1, 0.15) is 144 Å². The first kappa shape index (κ1) is 36.1. The van der Waals surface area contributed by atoms with Gasteiger partial charge in [-0.2, -0.15) is 0 Å². The van der Waals surface area contributed by atoms with E-state index >= 15 is 0 Å². The Morgan fingerprint density at radius 2 is 1.00 bits per heavy atom. The van der Waals surface area contributed by atoms with E-state index in [-0.39, 0.29) is 24.6 Å². The molecule has 1 unspecified atom stereocenters. The Kier molecular flexibility index (Phi) is 23.0. The minimum Gasteiger partial charge on any atom is -0.459 e. The molecule has 0 saturated carbocycles. The Morgan fingerprint density at radius 1 is 0.610 bits per heavy atom. The van der Waals surface area contributed by atoms with Crippen LogP contribution in [0, 0.1) is 0 Å². The van der Waals surface area contributed by atoms with Gasteiger partial charge in [0.15, 0.2) is 0 Å². The summed E-state index contributed by atoms with van der Waals surface area (Å²) in [5, 5.41) is 0. The fraction of sp³-hybridized carbons (Fsp3) is 0.568. The molecule has 0 aromatic heterocycles. The van der Waals surface area contributed by atoms with Gasteiger partial charge in [-0.05, 0) is 49.9 Å². The van der Waals surface area contributed by atoms with Crippen LogP contribution in [0.25, 0.3) is 0 Å². The molecule has 228 valence electrons. The number of carbonyl (C=O) groups excluding carboxylic acids is 2. The molecule has 2 rings (SSSR count). The van der Waals surface area contributed by atoms with Crippen molar-refractivity contribution in [3.8, 4) is 0 Å². The minimum absolute atomic E-state index is 0.0819. The normalized spacial score (nSPS) is 11.2. The van der Waals surface area contributed by atoms with Gasteiger partial charge in [0.1, 0.15) is 12.7 Å². The summed E-state index contributed by atoms with van der Waals surface area (Å²) in [4.78, 5) is 23.6. The van der Waals surface area contributed by atoms with E-state index < -0.39 is 0 Å². The Bertz CT molecular complexity index is 894. The molecule has 0 spiro atoms. The SMILES string of the molecule is C=CCOC(=O)c1ccccc1.CCCCCCCCCCCC(CCCCCCCC)OC(=O)c1ccccc1. The van der Waals surface area contributed by atoms with E-state index in [9.17, 15) is 9.59 Å². The first-order chi connectivity index (χ1) is 20.1. The summed E-state index contributed by atoms with van der Waals surface area (Å²) in [5.74, 6) is -0.465. The van der Waals surface area contributed by atoms with Crippen molar-refractivity contribution in [2.75, 3.05) is 6.61 Å². The van der Waals surface area contributed by atoms with Crippen molar-refractivity contribution < 1.29 is 19.1 Å². The molecule has 0 heterocycles. The van der Waals surface area contributed by atoms with Gasteiger partial charge in [0, 0.05) is 0 Å². The molecule has 2 aromatic rings. The highest BCUT2D eigenvalue weighted by Gasteiger charge is 2.15. The van der Waals surface area contributed by atoms with Gasteiger partial charge in [-0.15, -0.1) is 0 Å². The van der Waals surface area contributed by atoms with E-state index in [1.165, 1.54) is 96.3 Å². The van der Waals surface area contributed by atoms with Crippen LogP contribution in [0.15, 0.2) is 73.3 Å². The van der Waals surface area contributed by atoms with Gasteiger partial charge in [-0.25, -0.2) is 9.59 Å². The summed E-state index contributed by atoms with van der Waals surface area (Å²) in [5.41, 5.74) is 1.24. The number of hydrogen-bond acceptors (Lipinski definition) is 4. The molecule has 0 saturated heterocycles. The second-order valence-electron chi connectivity index (χ2n) is 10.8. The molecule has 4 nitrogen and oxygen atoms in total. The third-order valence-electron chi connectivity index (χ3n) is 7.13. The first-order valence-corrected chi connectivity index (χ1v) is 16.2. The monoisotopic (exact) mass is 564 g/mol. The van der Waals surface area contributed by atoms with Gasteiger partial charge < -0.3 is 9.47 Å². The van der Waals surface area contributed by atoms with Gasteiger partial charge in [-0.1, -0.05) is 146 Å². The zero-order valence-corrected chi connectivity index (χ0v) is 26.0. The van der Waals surface area contributed by atoms with E-state index in [1.54, 1.807) is 30.3 Å². The fourth-order valence-electron chi connectivity index (χ4n) is 4.68. The maximum absolute atomic E-state index is 12.5. The van der Waals surface area contributed by atoms with Crippen LogP contribution in [0.2, 0.25) is 0 Å². The molecule has 0 bridgehead atoms. The van der Waals surface area contributed by atoms with Crippen molar-refractivity contribution in [3.05, 3.63) is 84.4 Å². The molecule has 0 N–H and O–H groups in total. The lowest BCUT2D eigenvalue weighted by atomic mass is 10.0. The average Bonchev–Trinajstić information content (AvgIpc) is 3.01. The molecule has 0 aliphatic heterocycles. The second kappa shape index (κ2) is 26.0. The van der Waals surface area contributed by atoms with Crippen LogP contribution < -0.4 is 0 Å². The predicted molar refractivity (Wildman–Crippen MR) is 172 cm³/mol. The van der Waals surface area contributed by atoms with Crippen LogP contribution in [0.3, 0.4) is 0 Å². The molecule has 0 fully saturated rings. The molecule has 41 heavy (non-hydrogen) atoms. The summed E-state index contributed by atoms with van der Waals surface area (Å²) < 4.78 is 10.7. The summed E-state index contributed by atoms with van der Waals surface area (Å²) in [7, 11) is 0. The Balaban J connectivity index is 0.000000580. The third kappa shape index (κ3) is 19.8. The van der Waals surface area contributed by atoms with Gasteiger partial charge in [-0.3, -0.25) is 0 Å². The van der Waals surface area contributed by atoms with E-state index in [4.69, 9.17) is 9.47 Å². The van der Waals surface area contributed by atoms with E-state index in [1.807, 2.05) is 36.4 Å². The molecule has 4 heteroatoms. The molecular formula is C37H56O4. The number of unbranched alkanes of at least 4 members (excludes halogenated alkanes) is 13. The predicted octanol–water partition coefficient (Wildman–Crippen LogP) is 10.9. The molecule has 0 aliphatic carbocycles. The van der Waals surface area contributed by atoms with E-state index in [0.717, 1.165) is 12.8 Å². The van der Waals surface area contributed by atoms with Crippen LogP contribution in [-0.4, -0.2) is 24.6 Å². The third-order valence-corrected chi connectivity index (χ3v) is 7.13.